The standard InChI is InChI=1S/C16H19N3O2S/c1-10(2)8-14(20)18-13-5-4-12(9-11(13)3)15(21)19-16-17-6-7-22-16/h4-7,9-10H,8H2,1-3H3,(H,18,20)(H,17,19,21). The normalized spacial score (nSPS) is 10.5. The van der Waals surface area contributed by atoms with Crippen molar-refractivity contribution in [1.29, 1.82) is 0 Å². The van der Waals surface area contributed by atoms with Gasteiger partial charge in [-0.25, -0.2) is 4.98 Å². The minimum absolute atomic E-state index is 0.0157. The summed E-state index contributed by atoms with van der Waals surface area (Å²) in [6.07, 6.45) is 2.12. The summed E-state index contributed by atoms with van der Waals surface area (Å²) < 4.78 is 0. The van der Waals surface area contributed by atoms with Gasteiger partial charge in [0.05, 0.1) is 0 Å². The Balaban J connectivity index is 2.05. The maximum atomic E-state index is 12.1. The Hall–Kier alpha value is -2.21. The summed E-state index contributed by atoms with van der Waals surface area (Å²) in [5.74, 6) is 0.0832. The Bertz CT molecular complexity index is 666. The predicted molar refractivity (Wildman–Crippen MR) is 89.3 cm³/mol. The summed E-state index contributed by atoms with van der Waals surface area (Å²) >= 11 is 1.37. The number of aromatic nitrogens is 1. The molecule has 0 aliphatic rings. The van der Waals surface area contributed by atoms with Crippen molar-refractivity contribution in [3.8, 4) is 0 Å². The smallest absolute Gasteiger partial charge is 0.257 e. The number of carbonyl (C=O) groups is 2. The second kappa shape index (κ2) is 7.17. The molecular formula is C16H19N3O2S. The SMILES string of the molecule is Cc1cc(C(=O)Nc2nccs2)ccc1NC(=O)CC(C)C. The van der Waals surface area contributed by atoms with Gasteiger partial charge in [0, 0.05) is 29.2 Å². The first-order valence-corrected chi connectivity index (χ1v) is 7.95. The number of hydrogen-bond donors (Lipinski definition) is 2. The number of aryl methyl sites for hydroxylation is 1. The maximum Gasteiger partial charge on any atom is 0.257 e. The molecule has 0 unspecified atom stereocenters. The molecule has 0 saturated heterocycles. The molecule has 0 bridgehead atoms. The number of nitrogens with zero attached hydrogens (tertiary/aromatic N) is 1. The number of amides is 2. The fourth-order valence-corrected chi connectivity index (χ4v) is 2.50. The third-order valence-corrected chi connectivity index (χ3v) is 3.70. The Labute approximate surface area is 133 Å². The Morgan fingerprint density at radius 2 is 2.05 bits per heavy atom. The van der Waals surface area contributed by atoms with Crippen LogP contribution >= 0.6 is 11.3 Å². The number of carbonyl (C=O) groups excluding carboxylic acids is 2. The number of hydrogen-bond acceptors (Lipinski definition) is 4. The maximum absolute atomic E-state index is 12.1. The fourth-order valence-electron chi connectivity index (χ4n) is 1.97. The molecule has 2 rings (SSSR count). The van der Waals surface area contributed by atoms with Gasteiger partial charge in [0.2, 0.25) is 5.91 Å². The van der Waals surface area contributed by atoms with Crippen LogP contribution in [0.15, 0.2) is 29.8 Å². The second-order valence-electron chi connectivity index (χ2n) is 5.47. The average molecular weight is 317 g/mol. The van der Waals surface area contributed by atoms with Crippen molar-refractivity contribution in [2.75, 3.05) is 10.6 Å². The summed E-state index contributed by atoms with van der Waals surface area (Å²) in [6, 6.07) is 5.21. The monoisotopic (exact) mass is 317 g/mol. The number of rotatable bonds is 5. The van der Waals surface area contributed by atoms with Crippen molar-refractivity contribution < 1.29 is 9.59 Å². The van der Waals surface area contributed by atoms with E-state index in [1.54, 1.807) is 29.8 Å². The number of benzene rings is 1. The van der Waals surface area contributed by atoms with Gasteiger partial charge in [-0.15, -0.1) is 11.3 Å². The topological polar surface area (TPSA) is 71.1 Å². The number of thiazole rings is 1. The van der Waals surface area contributed by atoms with Crippen LogP contribution in [0.3, 0.4) is 0 Å². The highest BCUT2D eigenvalue weighted by Gasteiger charge is 2.11. The molecule has 0 atom stereocenters. The van der Waals surface area contributed by atoms with Gasteiger partial charge >= 0.3 is 0 Å². The molecule has 1 aromatic carbocycles. The first-order valence-electron chi connectivity index (χ1n) is 7.07. The molecule has 0 spiro atoms. The van der Waals surface area contributed by atoms with Crippen LogP contribution in [0, 0.1) is 12.8 Å². The van der Waals surface area contributed by atoms with Gasteiger partial charge < -0.3 is 5.32 Å². The van der Waals surface area contributed by atoms with Crippen LogP contribution in [-0.4, -0.2) is 16.8 Å². The van der Waals surface area contributed by atoms with Crippen molar-refractivity contribution in [2.45, 2.75) is 27.2 Å². The van der Waals surface area contributed by atoms with E-state index in [0.29, 0.717) is 23.0 Å². The van der Waals surface area contributed by atoms with E-state index in [1.807, 2.05) is 20.8 Å². The average Bonchev–Trinajstić information content (AvgIpc) is 2.93. The fraction of sp³-hybridized carbons (Fsp3) is 0.312. The molecule has 6 heteroatoms. The molecule has 116 valence electrons. The zero-order chi connectivity index (χ0) is 16.1. The quantitative estimate of drug-likeness (QED) is 0.883. The molecule has 2 amide bonds. The summed E-state index contributed by atoms with van der Waals surface area (Å²) in [4.78, 5) is 27.9. The van der Waals surface area contributed by atoms with Crippen molar-refractivity contribution in [2.24, 2.45) is 5.92 Å². The van der Waals surface area contributed by atoms with E-state index in [0.717, 1.165) is 11.3 Å². The molecule has 2 aromatic rings. The van der Waals surface area contributed by atoms with Crippen LogP contribution in [0.4, 0.5) is 10.8 Å². The Morgan fingerprint density at radius 3 is 2.64 bits per heavy atom. The molecule has 1 aromatic heterocycles. The molecule has 22 heavy (non-hydrogen) atoms. The van der Waals surface area contributed by atoms with Crippen LogP contribution < -0.4 is 10.6 Å². The Kier molecular flexibility index (Phi) is 5.27. The highest BCUT2D eigenvalue weighted by atomic mass is 32.1. The zero-order valence-electron chi connectivity index (χ0n) is 12.8. The van der Waals surface area contributed by atoms with Crippen LogP contribution in [0.1, 0.15) is 36.2 Å². The van der Waals surface area contributed by atoms with Gasteiger partial charge in [-0.2, -0.15) is 0 Å². The van der Waals surface area contributed by atoms with Crippen LogP contribution in [0.5, 0.6) is 0 Å². The van der Waals surface area contributed by atoms with Gasteiger partial charge in [0.25, 0.3) is 5.91 Å². The lowest BCUT2D eigenvalue weighted by molar-refractivity contribution is -0.116. The van der Waals surface area contributed by atoms with E-state index in [2.05, 4.69) is 15.6 Å². The first kappa shape index (κ1) is 16.2. The molecule has 0 radical (unpaired) electrons. The molecule has 0 saturated carbocycles. The van der Waals surface area contributed by atoms with Gasteiger partial charge in [0.1, 0.15) is 0 Å². The molecule has 0 aliphatic carbocycles. The second-order valence-corrected chi connectivity index (χ2v) is 6.36. The van der Waals surface area contributed by atoms with Gasteiger partial charge in [-0.1, -0.05) is 13.8 Å². The predicted octanol–water partition coefficient (Wildman–Crippen LogP) is 3.69. The lowest BCUT2D eigenvalue weighted by Crippen LogP contribution is -2.16. The van der Waals surface area contributed by atoms with Crippen molar-refractivity contribution in [3.63, 3.8) is 0 Å². The van der Waals surface area contributed by atoms with E-state index >= 15 is 0 Å². The Morgan fingerprint density at radius 1 is 1.27 bits per heavy atom. The molecule has 0 fully saturated rings. The first-order chi connectivity index (χ1) is 10.5. The summed E-state index contributed by atoms with van der Waals surface area (Å²) in [5, 5.41) is 7.97. The van der Waals surface area contributed by atoms with Gasteiger partial charge in [0.15, 0.2) is 5.13 Å². The number of anilines is 2. The summed E-state index contributed by atoms with van der Waals surface area (Å²) in [6.45, 7) is 5.86. The lowest BCUT2D eigenvalue weighted by Gasteiger charge is -2.11. The molecule has 1 heterocycles. The van der Waals surface area contributed by atoms with Crippen LogP contribution in [0.2, 0.25) is 0 Å². The van der Waals surface area contributed by atoms with Gasteiger partial charge in [-0.3, -0.25) is 14.9 Å². The third-order valence-electron chi connectivity index (χ3n) is 3.01. The summed E-state index contributed by atoms with van der Waals surface area (Å²) in [7, 11) is 0. The minimum Gasteiger partial charge on any atom is -0.326 e. The van der Waals surface area contributed by atoms with E-state index in [9.17, 15) is 9.59 Å². The molecule has 5 nitrogen and oxygen atoms in total. The van der Waals surface area contributed by atoms with E-state index in [1.165, 1.54) is 11.3 Å². The third kappa shape index (κ3) is 4.39. The highest BCUT2D eigenvalue weighted by molar-refractivity contribution is 7.13. The highest BCUT2D eigenvalue weighted by Crippen LogP contribution is 2.19. The van der Waals surface area contributed by atoms with Gasteiger partial charge in [-0.05, 0) is 36.6 Å². The largest absolute Gasteiger partial charge is 0.326 e. The minimum atomic E-state index is -0.210. The van der Waals surface area contributed by atoms with Crippen molar-refractivity contribution in [1.82, 2.24) is 4.98 Å². The lowest BCUT2D eigenvalue weighted by atomic mass is 10.1. The summed E-state index contributed by atoms with van der Waals surface area (Å²) in [5.41, 5.74) is 2.12. The van der Waals surface area contributed by atoms with Crippen molar-refractivity contribution >= 4 is 34.0 Å². The van der Waals surface area contributed by atoms with E-state index in [-0.39, 0.29) is 11.8 Å². The van der Waals surface area contributed by atoms with Crippen LogP contribution in [-0.2, 0) is 4.79 Å². The van der Waals surface area contributed by atoms with Crippen molar-refractivity contribution in [3.05, 3.63) is 40.9 Å². The molecule has 0 aliphatic heterocycles. The number of nitrogens with one attached hydrogen (secondary N) is 2. The molecular weight excluding hydrogens is 298 g/mol. The van der Waals surface area contributed by atoms with E-state index in [4.69, 9.17) is 0 Å². The molecule has 2 N–H and O–H groups in total. The zero-order valence-corrected chi connectivity index (χ0v) is 13.7. The van der Waals surface area contributed by atoms with Crippen LogP contribution in [0.25, 0.3) is 0 Å². The van der Waals surface area contributed by atoms with E-state index < -0.39 is 0 Å².